The average molecular weight is 279 g/mol. The Kier molecular flexibility index (Phi) is 6.33. The van der Waals surface area contributed by atoms with E-state index in [1.165, 1.54) is 16.3 Å². The van der Waals surface area contributed by atoms with Crippen LogP contribution in [0, 0.1) is 0 Å². The van der Waals surface area contributed by atoms with Crippen molar-refractivity contribution in [3.05, 3.63) is 48.0 Å². The minimum absolute atomic E-state index is 0. The Morgan fingerprint density at radius 2 is 1.84 bits per heavy atom. The number of likely N-dealkylation sites (N-methyl/N-ethyl adjacent to an activating group) is 1. The molecule has 0 heterocycles. The normalized spacial score (nSPS) is 9.95. The number of benzene rings is 2. The summed E-state index contributed by atoms with van der Waals surface area (Å²) in [4.78, 5) is 11.3. The van der Waals surface area contributed by atoms with E-state index in [1.54, 1.807) is 7.05 Å². The summed E-state index contributed by atoms with van der Waals surface area (Å²) >= 11 is 0. The summed E-state index contributed by atoms with van der Waals surface area (Å²) in [5.74, 6) is 0.0401. The highest BCUT2D eigenvalue weighted by atomic mass is 35.5. The zero-order valence-electron chi connectivity index (χ0n) is 11.0. The van der Waals surface area contributed by atoms with Gasteiger partial charge in [0.15, 0.2) is 0 Å². The zero-order valence-corrected chi connectivity index (χ0v) is 11.8. The highest BCUT2D eigenvalue weighted by Gasteiger charge is 1.99. The van der Waals surface area contributed by atoms with Crippen LogP contribution in [0.3, 0.4) is 0 Å². The van der Waals surface area contributed by atoms with Crippen molar-refractivity contribution in [1.29, 1.82) is 0 Å². The third-order valence-electron chi connectivity index (χ3n) is 2.89. The fourth-order valence-corrected chi connectivity index (χ4v) is 1.96. The molecule has 2 rings (SSSR count). The Labute approximate surface area is 119 Å². The van der Waals surface area contributed by atoms with E-state index in [-0.39, 0.29) is 18.3 Å². The number of halogens is 1. The lowest BCUT2D eigenvalue weighted by molar-refractivity contribution is -0.120. The monoisotopic (exact) mass is 278 g/mol. The standard InChI is InChI=1S/C15H18N2O.ClH/c1-16-11-15(18)17-9-8-12-6-7-13-4-2-3-5-14(13)10-12;/h2-7,10,16H,8-9,11H2,1H3,(H,17,18);1H. The molecule has 3 nitrogen and oxygen atoms in total. The van der Waals surface area contributed by atoms with Crippen molar-refractivity contribution >= 4 is 29.1 Å². The molecule has 19 heavy (non-hydrogen) atoms. The third-order valence-corrected chi connectivity index (χ3v) is 2.89. The smallest absolute Gasteiger partial charge is 0.233 e. The summed E-state index contributed by atoms with van der Waals surface area (Å²) in [6, 6.07) is 14.7. The van der Waals surface area contributed by atoms with E-state index in [0.717, 1.165) is 6.42 Å². The number of fused-ring (bicyclic) bond motifs is 1. The van der Waals surface area contributed by atoms with Crippen LogP contribution in [0.2, 0.25) is 0 Å². The molecule has 2 aromatic rings. The first-order valence-corrected chi connectivity index (χ1v) is 6.18. The number of nitrogens with one attached hydrogen (secondary N) is 2. The lowest BCUT2D eigenvalue weighted by Crippen LogP contribution is -2.33. The average Bonchev–Trinajstić information content (AvgIpc) is 2.39. The van der Waals surface area contributed by atoms with E-state index in [2.05, 4.69) is 41.0 Å². The Balaban J connectivity index is 0.00000180. The van der Waals surface area contributed by atoms with Crippen molar-refractivity contribution < 1.29 is 4.79 Å². The molecule has 0 unspecified atom stereocenters. The molecule has 4 heteroatoms. The number of hydrogen-bond acceptors (Lipinski definition) is 2. The van der Waals surface area contributed by atoms with Crippen LogP contribution in [0.25, 0.3) is 10.8 Å². The maximum atomic E-state index is 11.3. The van der Waals surface area contributed by atoms with Gasteiger partial charge in [-0.15, -0.1) is 12.4 Å². The highest BCUT2D eigenvalue weighted by Crippen LogP contribution is 2.15. The fraction of sp³-hybridized carbons (Fsp3) is 0.267. The lowest BCUT2D eigenvalue weighted by atomic mass is 10.1. The number of rotatable bonds is 5. The minimum atomic E-state index is 0. The second-order valence-corrected chi connectivity index (χ2v) is 4.31. The minimum Gasteiger partial charge on any atom is -0.355 e. The quantitative estimate of drug-likeness (QED) is 0.880. The van der Waals surface area contributed by atoms with Gasteiger partial charge in [0.25, 0.3) is 0 Å². The van der Waals surface area contributed by atoms with Gasteiger partial charge in [-0.1, -0.05) is 42.5 Å². The number of carbonyl (C=O) groups excluding carboxylic acids is 1. The lowest BCUT2D eigenvalue weighted by Gasteiger charge is -2.06. The molecule has 0 saturated heterocycles. The molecule has 0 bridgehead atoms. The van der Waals surface area contributed by atoms with Crippen molar-refractivity contribution in [3.8, 4) is 0 Å². The summed E-state index contributed by atoms with van der Waals surface area (Å²) in [7, 11) is 1.77. The van der Waals surface area contributed by atoms with Crippen molar-refractivity contribution in [2.24, 2.45) is 0 Å². The Bertz CT molecular complexity index is 542. The SMILES string of the molecule is CNCC(=O)NCCc1ccc2ccccc2c1.Cl. The first-order valence-electron chi connectivity index (χ1n) is 6.18. The Hall–Kier alpha value is -1.58. The van der Waals surface area contributed by atoms with Crippen LogP contribution in [0.1, 0.15) is 5.56 Å². The van der Waals surface area contributed by atoms with Crippen LogP contribution >= 0.6 is 12.4 Å². The number of amides is 1. The van der Waals surface area contributed by atoms with Crippen molar-refractivity contribution in [2.75, 3.05) is 20.1 Å². The summed E-state index contributed by atoms with van der Waals surface area (Å²) in [5.41, 5.74) is 1.25. The van der Waals surface area contributed by atoms with Gasteiger partial charge < -0.3 is 10.6 Å². The van der Waals surface area contributed by atoms with E-state index in [0.29, 0.717) is 13.1 Å². The van der Waals surface area contributed by atoms with E-state index >= 15 is 0 Å². The molecular weight excluding hydrogens is 260 g/mol. The van der Waals surface area contributed by atoms with Gasteiger partial charge in [0, 0.05) is 6.54 Å². The molecule has 2 aromatic carbocycles. The second-order valence-electron chi connectivity index (χ2n) is 4.31. The Morgan fingerprint density at radius 3 is 2.58 bits per heavy atom. The summed E-state index contributed by atoms with van der Waals surface area (Å²) in [6.07, 6.45) is 0.861. The molecule has 102 valence electrons. The topological polar surface area (TPSA) is 41.1 Å². The molecule has 0 radical (unpaired) electrons. The van der Waals surface area contributed by atoms with Crippen LogP contribution < -0.4 is 10.6 Å². The molecule has 0 aliphatic rings. The van der Waals surface area contributed by atoms with Gasteiger partial charge in [0.05, 0.1) is 6.54 Å². The van der Waals surface area contributed by atoms with Gasteiger partial charge in [0.2, 0.25) is 5.91 Å². The van der Waals surface area contributed by atoms with Crippen LogP contribution in [-0.2, 0) is 11.2 Å². The van der Waals surface area contributed by atoms with Crippen LogP contribution in [0.15, 0.2) is 42.5 Å². The van der Waals surface area contributed by atoms with E-state index < -0.39 is 0 Å². The first kappa shape index (κ1) is 15.5. The molecule has 0 aliphatic carbocycles. The predicted octanol–water partition coefficient (Wildman–Crippen LogP) is 2.14. The molecule has 0 aliphatic heterocycles. The zero-order chi connectivity index (χ0) is 12.8. The molecule has 0 saturated carbocycles. The van der Waals surface area contributed by atoms with E-state index in [9.17, 15) is 4.79 Å². The van der Waals surface area contributed by atoms with Crippen LogP contribution in [-0.4, -0.2) is 26.0 Å². The molecular formula is C15H19ClN2O. The van der Waals surface area contributed by atoms with Crippen molar-refractivity contribution in [1.82, 2.24) is 10.6 Å². The van der Waals surface area contributed by atoms with Gasteiger partial charge >= 0.3 is 0 Å². The molecule has 0 atom stereocenters. The summed E-state index contributed by atoms with van der Waals surface area (Å²) in [5, 5.41) is 8.20. The van der Waals surface area contributed by atoms with Gasteiger partial charge in [-0.25, -0.2) is 0 Å². The molecule has 0 fully saturated rings. The van der Waals surface area contributed by atoms with Crippen LogP contribution in [0.5, 0.6) is 0 Å². The predicted molar refractivity (Wildman–Crippen MR) is 81.8 cm³/mol. The molecule has 0 aromatic heterocycles. The number of carbonyl (C=O) groups is 1. The van der Waals surface area contributed by atoms with Gasteiger partial charge in [-0.3, -0.25) is 4.79 Å². The van der Waals surface area contributed by atoms with Gasteiger partial charge in [-0.2, -0.15) is 0 Å². The summed E-state index contributed by atoms with van der Waals surface area (Å²) in [6.45, 7) is 1.05. The maximum Gasteiger partial charge on any atom is 0.233 e. The van der Waals surface area contributed by atoms with Gasteiger partial charge in [0.1, 0.15) is 0 Å². The van der Waals surface area contributed by atoms with E-state index in [1.807, 2.05) is 12.1 Å². The van der Waals surface area contributed by atoms with E-state index in [4.69, 9.17) is 0 Å². The summed E-state index contributed by atoms with van der Waals surface area (Å²) < 4.78 is 0. The maximum absolute atomic E-state index is 11.3. The van der Waals surface area contributed by atoms with Crippen molar-refractivity contribution in [3.63, 3.8) is 0 Å². The largest absolute Gasteiger partial charge is 0.355 e. The van der Waals surface area contributed by atoms with Crippen LogP contribution in [0.4, 0.5) is 0 Å². The Morgan fingerprint density at radius 1 is 1.11 bits per heavy atom. The van der Waals surface area contributed by atoms with Crippen molar-refractivity contribution in [2.45, 2.75) is 6.42 Å². The van der Waals surface area contributed by atoms with Gasteiger partial charge in [-0.05, 0) is 29.8 Å². The second kappa shape index (κ2) is 7.77. The molecule has 0 spiro atoms. The third kappa shape index (κ3) is 4.54. The first-order chi connectivity index (χ1) is 8.79. The fourth-order valence-electron chi connectivity index (χ4n) is 1.96. The highest BCUT2D eigenvalue weighted by molar-refractivity contribution is 5.85. The molecule has 2 N–H and O–H groups in total. The molecule has 1 amide bonds. The number of hydrogen-bond donors (Lipinski definition) is 2.